The van der Waals surface area contributed by atoms with Crippen LogP contribution in [-0.4, -0.2) is 86.6 Å². The monoisotopic (exact) mass is 852 g/mol. The molecule has 9 rings (SSSR count). The standard InChI is InChI=1S/C48H52N8O7/c1-25(2)40(53-47(59)61-5)46(58)56-27(4)12-17-37(56)44-50-35-16-14-29-20-34-32-15-13-30(19-31(32)24-63-39(34)21-33(29)42(35)52-44)36-22-49-43(51-36)38-18-26(3)23-55(38)45(57)41(54-48(60)62-6)28-10-8-7-9-11-28/h7-11,13-16,19-22,25-27,37-38,40-41H,12,17-18,23-24H2,1-6H3,(H,49,51)(H,50,52)(H,53,59)(H,54,60)/t26-,27-,37-,38?,40-,41?/m0/s1. The summed E-state index contributed by atoms with van der Waals surface area (Å²) < 4.78 is 16.1. The van der Waals surface area contributed by atoms with E-state index in [-0.39, 0.29) is 41.8 Å². The Kier molecular flexibility index (Phi) is 11.0. The summed E-state index contributed by atoms with van der Waals surface area (Å²) in [5.74, 6) is 1.87. The maximum absolute atomic E-state index is 14.2. The third-order valence-electron chi connectivity index (χ3n) is 12.8. The molecule has 4 amide bonds. The third-order valence-corrected chi connectivity index (χ3v) is 12.8. The minimum absolute atomic E-state index is 0.0296. The van der Waals surface area contributed by atoms with Crippen molar-refractivity contribution in [3.05, 3.63) is 102 Å². The molecule has 2 fully saturated rings. The smallest absolute Gasteiger partial charge is 0.407 e. The summed E-state index contributed by atoms with van der Waals surface area (Å²) in [5, 5.41) is 7.46. The van der Waals surface area contributed by atoms with Crippen molar-refractivity contribution in [2.45, 2.75) is 83.8 Å². The topological polar surface area (TPSA) is 184 Å². The molecule has 0 bridgehead atoms. The first kappa shape index (κ1) is 41.5. The summed E-state index contributed by atoms with van der Waals surface area (Å²) in [6.07, 6.45) is 2.78. The number of H-pyrrole nitrogens is 2. The molecule has 6 aromatic rings. The summed E-state index contributed by atoms with van der Waals surface area (Å²) in [7, 11) is 2.58. The number of aromatic amines is 2. The third kappa shape index (κ3) is 7.69. The van der Waals surface area contributed by atoms with Gasteiger partial charge in [0.2, 0.25) is 5.91 Å². The Balaban J connectivity index is 0.967. The highest BCUT2D eigenvalue weighted by Crippen LogP contribution is 2.44. The Labute approximate surface area is 364 Å². The van der Waals surface area contributed by atoms with Crippen LogP contribution in [0.15, 0.2) is 79.0 Å². The molecule has 15 heteroatoms. The zero-order chi connectivity index (χ0) is 44.1. The van der Waals surface area contributed by atoms with Gasteiger partial charge in [0.25, 0.3) is 5.91 Å². The van der Waals surface area contributed by atoms with Gasteiger partial charge in [-0.1, -0.05) is 69.3 Å². The Morgan fingerprint density at radius 2 is 1.62 bits per heavy atom. The number of hydrogen-bond acceptors (Lipinski definition) is 9. The molecule has 4 aromatic carbocycles. The second-order valence-electron chi connectivity index (χ2n) is 17.4. The number of likely N-dealkylation sites (tertiary alicyclic amines) is 2. The van der Waals surface area contributed by atoms with E-state index in [1.807, 2.05) is 68.3 Å². The number of ether oxygens (including phenoxy) is 3. The molecule has 15 nitrogen and oxygen atoms in total. The number of alkyl carbamates (subject to hydrolysis) is 2. The summed E-state index contributed by atoms with van der Waals surface area (Å²) in [5.41, 5.74) is 7.21. The Morgan fingerprint density at radius 3 is 2.38 bits per heavy atom. The fourth-order valence-electron chi connectivity index (χ4n) is 9.60. The number of rotatable bonds is 9. The molecule has 5 heterocycles. The van der Waals surface area contributed by atoms with Gasteiger partial charge in [-0.05, 0) is 89.9 Å². The van der Waals surface area contributed by atoms with E-state index in [2.05, 4.69) is 63.9 Å². The Morgan fingerprint density at radius 1 is 0.841 bits per heavy atom. The SMILES string of the molecule is COC(=O)NC(C(=O)N1C[C@@H](C)CC1c1ncc(-c2ccc3c(c2)COc2cc4c(ccc5nc([C@@H]6CC[C@H](C)N6C(=O)[C@@H](NC(=O)OC)C(C)C)[nH]c54)cc2-3)[nH]1)c1ccccc1. The second-order valence-corrected chi connectivity index (χ2v) is 17.4. The number of methoxy groups -OCH3 is 2. The summed E-state index contributed by atoms with van der Waals surface area (Å²) in [6, 6.07) is 21.6. The highest BCUT2D eigenvalue weighted by Gasteiger charge is 2.42. The van der Waals surface area contributed by atoms with Crippen molar-refractivity contribution in [2.75, 3.05) is 20.8 Å². The van der Waals surface area contributed by atoms with E-state index in [1.165, 1.54) is 14.2 Å². The van der Waals surface area contributed by atoms with Crippen molar-refractivity contribution < 1.29 is 33.4 Å². The minimum Gasteiger partial charge on any atom is -0.488 e. The van der Waals surface area contributed by atoms with E-state index < -0.39 is 24.3 Å². The lowest BCUT2D eigenvalue weighted by molar-refractivity contribution is -0.137. The van der Waals surface area contributed by atoms with Crippen molar-refractivity contribution in [1.82, 2.24) is 40.4 Å². The van der Waals surface area contributed by atoms with E-state index in [4.69, 9.17) is 24.2 Å². The lowest BCUT2D eigenvalue weighted by atomic mass is 9.92. The first-order chi connectivity index (χ1) is 30.4. The number of benzene rings is 4. The van der Waals surface area contributed by atoms with Gasteiger partial charge in [0.1, 0.15) is 36.1 Å². The predicted octanol–water partition coefficient (Wildman–Crippen LogP) is 8.11. The molecule has 2 aromatic heterocycles. The van der Waals surface area contributed by atoms with Crippen molar-refractivity contribution in [2.24, 2.45) is 11.8 Å². The predicted molar refractivity (Wildman–Crippen MR) is 236 cm³/mol. The highest BCUT2D eigenvalue weighted by molar-refractivity contribution is 6.07. The van der Waals surface area contributed by atoms with Gasteiger partial charge in [0.05, 0.1) is 49.2 Å². The number of carbonyl (C=O) groups is 4. The maximum Gasteiger partial charge on any atom is 0.407 e. The zero-order valence-electron chi connectivity index (χ0n) is 36.2. The molecule has 0 spiro atoms. The van der Waals surface area contributed by atoms with Gasteiger partial charge in [0, 0.05) is 23.5 Å². The molecule has 2 unspecified atom stereocenters. The second kappa shape index (κ2) is 16.8. The molecule has 0 aliphatic carbocycles. The molecular weight excluding hydrogens is 801 g/mol. The number of amides is 4. The van der Waals surface area contributed by atoms with Gasteiger partial charge in [-0.15, -0.1) is 0 Å². The first-order valence-corrected chi connectivity index (χ1v) is 21.6. The van der Waals surface area contributed by atoms with Crippen LogP contribution in [0.5, 0.6) is 5.75 Å². The van der Waals surface area contributed by atoms with Crippen LogP contribution >= 0.6 is 0 Å². The number of nitrogens with zero attached hydrogens (tertiary/aromatic N) is 4. The molecule has 326 valence electrons. The lowest BCUT2D eigenvalue weighted by Gasteiger charge is -2.32. The van der Waals surface area contributed by atoms with Crippen LogP contribution in [0.25, 0.3) is 44.2 Å². The van der Waals surface area contributed by atoms with E-state index in [1.54, 1.807) is 4.90 Å². The van der Waals surface area contributed by atoms with Crippen molar-refractivity contribution in [3.63, 3.8) is 0 Å². The molecule has 3 aliphatic rings. The number of nitrogens with one attached hydrogen (secondary N) is 4. The molecule has 3 aliphatic heterocycles. The molecule has 0 saturated carbocycles. The van der Waals surface area contributed by atoms with Crippen LogP contribution < -0.4 is 15.4 Å². The lowest BCUT2D eigenvalue weighted by Crippen LogP contribution is -2.52. The summed E-state index contributed by atoms with van der Waals surface area (Å²) in [4.78, 5) is 73.2. The largest absolute Gasteiger partial charge is 0.488 e. The Bertz CT molecular complexity index is 2730. The number of aromatic nitrogens is 4. The normalized spacial score (nSPS) is 20.2. The van der Waals surface area contributed by atoms with Crippen LogP contribution in [-0.2, 0) is 25.7 Å². The summed E-state index contributed by atoms with van der Waals surface area (Å²) in [6.45, 7) is 8.86. The molecule has 6 atom stereocenters. The van der Waals surface area contributed by atoms with E-state index in [0.29, 0.717) is 30.4 Å². The number of fused-ring (bicyclic) bond motifs is 6. The highest BCUT2D eigenvalue weighted by atomic mass is 16.5. The van der Waals surface area contributed by atoms with Crippen LogP contribution in [0.3, 0.4) is 0 Å². The number of imidazole rings is 2. The van der Waals surface area contributed by atoms with E-state index in [9.17, 15) is 19.2 Å². The molecular formula is C48H52N8O7. The molecule has 4 N–H and O–H groups in total. The molecule has 63 heavy (non-hydrogen) atoms. The fourth-order valence-corrected chi connectivity index (χ4v) is 9.60. The van der Waals surface area contributed by atoms with Gasteiger partial charge in [0.15, 0.2) is 0 Å². The van der Waals surface area contributed by atoms with Crippen LogP contribution in [0.2, 0.25) is 0 Å². The van der Waals surface area contributed by atoms with E-state index >= 15 is 0 Å². The fraction of sp³-hybridized carbons (Fsp3) is 0.375. The van der Waals surface area contributed by atoms with Crippen LogP contribution in [0.4, 0.5) is 9.59 Å². The average molecular weight is 853 g/mol. The quantitative estimate of drug-likeness (QED) is 0.112. The van der Waals surface area contributed by atoms with Crippen molar-refractivity contribution >= 4 is 45.8 Å². The van der Waals surface area contributed by atoms with E-state index in [0.717, 1.165) is 74.8 Å². The number of hydrogen-bond donors (Lipinski definition) is 4. The minimum atomic E-state index is -0.907. The van der Waals surface area contributed by atoms with Gasteiger partial charge >= 0.3 is 12.2 Å². The van der Waals surface area contributed by atoms with Crippen LogP contribution in [0.1, 0.15) is 87.9 Å². The van der Waals surface area contributed by atoms with Crippen molar-refractivity contribution in [3.8, 4) is 28.1 Å². The molecule has 2 saturated heterocycles. The number of carbonyl (C=O) groups excluding carboxylic acids is 4. The average Bonchev–Trinajstić information content (AvgIpc) is 4.12. The Hall–Kier alpha value is -6.90. The van der Waals surface area contributed by atoms with Gasteiger partial charge < -0.3 is 44.6 Å². The van der Waals surface area contributed by atoms with Crippen molar-refractivity contribution in [1.29, 1.82) is 0 Å². The maximum atomic E-state index is 14.2. The zero-order valence-corrected chi connectivity index (χ0v) is 36.2. The summed E-state index contributed by atoms with van der Waals surface area (Å²) >= 11 is 0. The van der Waals surface area contributed by atoms with Crippen LogP contribution in [0, 0.1) is 11.8 Å². The first-order valence-electron chi connectivity index (χ1n) is 21.6. The van der Waals surface area contributed by atoms with Gasteiger partial charge in [-0.2, -0.15) is 0 Å². The van der Waals surface area contributed by atoms with Gasteiger partial charge in [-0.3, -0.25) is 9.59 Å². The van der Waals surface area contributed by atoms with Gasteiger partial charge in [-0.25, -0.2) is 19.6 Å². The molecule has 0 radical (unpaired) electrons.